The van der Waals surface area contributed by atoms with Crippen molar-refractivity contribution in [3.05, 3.63) is 28.8 Å². The molecule has 0 bridgehead atoms. The molecule has 0 saturated heterocycles. The van der Waals surface area contributed by atoms with Crippen molar-refractivity contribution < 1.29 is 4.79 Å². The van der Waals surface area contributed by atoms with Crippen molar-refractivity contribution in [2.45, 2.75) is 46.1 Å². The number of carbonyl (C=O) groups is 1. The summed E-state index contributed by atoms with van der Waals surface area (Å²) in [5.41, 5.74) is 1.46. The largest absolute Gasteiger partial charge is 0.381 e. The Kier molecular flexibility index (Phi) is 6.86. The molecule has 1 amide bonds. The Morgan fingerprint density at radius 3 is 2.55 bits per heavy atom. The number of rotatable bonds is 7. The zero-order valence-electron chi connectivity index (χ0n) is 12.8. The summed E-state index contributed by atoms with van der Waals surface area (Å²) in [6, 6.07) is 5.70. The molecular weight excluding hydrogens is 272 g/mol. The molecule has 0 saturated carbocycles. The van der Waals surface area contributed by atoms with Crippen molar-refractivity contribution in [1.29, 1.82) is 0 Å². The van der Waals surface area contributed by atoms with Crippen LogP contribution in [-0.2, 0) is 0 Å². The van der Waals surface area contributed by atoms with Gasteiger partial charge in [-0.05, 0) is 37.0 Å². The van der Waals surface area contributed by atoms with Crippen LogP contribution in [0.2, 0.25) is 5.02 Å². The summed E-state index contributed by atoms with van der Waals surface area (Å²) in [7, 11) is 1.63. The molecule has 112 valence electrons. The first-order valence-corrected chi connectivity index (χ1v) is 7.67. The number of halogens is 1. The Morgan fingerprint density at radius 1 is 1.30 bits per heavy atom. The van der Waals surface area contributed by atoms with E-state index in [-0.39, 0.29) is 5.91 Å². The van der Waals surface area contributed by atoms with E-state index in [0.717, 1.165) is 18.5 Å². The summed E-state index contributed by atoms with van der Waals surface area (Å²) in [5.74, 6) is 0.577. The van der Waals surface area contributed by atoms with E-state index >= 15 is 0 Å². The summed E-state index contributed by atoms with van der Waals surface area (Å²) in [5, 5.41) is 6.75. The fraction of sp³-hybridized carbons (Fsp3) is 0.562. The van der Waals surface area contributed by atoms with Gasteiger partial charge >= 0.3 is 0 Å². The number of benzene rings is 1. The smallest absolute Gasteiger partial charge is 0.251 e. The van der Waals surface area contributed by atoms with Gasteiger partial charge in [0, 0.05) is 18.7 Å². The second kappa shape index (κ2) is 8.15. The summed E-state index contributed by atoms with van der Waals surface area (Å²) in [6.07, 6.45) is 3.31. The van der Waals surface area contributed by atoms with E-state index in [0.29, 0.717) is 22.5 Å². The molecule has 2 atom stereocenters. The number of carbonyl (C=O) groups excluding carboxylic acids is 1. The summed E-state index contributed by atoms with van der Waals surface area (Å²) < 4.78 is 0. The number of anilines is 1. The van der Waals surface area contributed by atoms with Gasteiger partial charge in [-0.15, -0.1) is 0 Å². The Morgan fingerprint density at radius 2 is 2.00 bits per heavy atom. The highest BCUT2D eigenvalue weighted by molar-refractivity contribution is 6.33. The van der Waals surface area contributed by atoms with Gasteiger partial charge < -0.3 is 10.6 Å². The molecule has 0 aliphatic carbocycles. The van der Waals surface area contributed by atoms with Gasteiger partial charge in [-0.2, -0.15) is 0 Å². The van der Waals surface area contributed by atoms with Crippen LogP contribution in [0.15, 0.2) is 18.2 Å². The van der Waals surface area contributed by atoms with Crippen LogP contribution < -0.4 is 10.6 Å². The molecule has 2 unspecified atom stereocenters. The summed E-state index contributed by atoms with van der Waals surface area (Å²) >= 11 is 6.22. The standard InChI is InChI=1S/C16H25ClN2O/c1-5-11(3)9-13(6-2)19-15-10-12(16(20)18-4)7-8-14(15)17/h7-8,10-11,13,19H,5-6,9H2,1-4H3,(H,18,20). The van der Waals surface area contributed by atoms with Gasteiger partial charge in [0.2, 0.25) is 0 Å². The summed E-state index contributed by atoms with van der Waals surface area (Å²) in [6.45, 7) is 6.63. The maximum Gasteiger partial charge on any atom is 0.251 e. The second-order valence-electron chi connectivity index (χ2n) is 5.27. The third-order valence-electron chi connectivity index (χ3n) is 3.69. The van der Waals surface area contributed by atoms with Crippen LogP contribution in [-0.4, -0.2) is 19.0 Å². The van der Waals surface area contributed by atoms with Crippen molar-refractivity contribution in [2.24, 2.45) is 5.92 Å². The van der Waals surface area contributed by atoms with Crippen molar-refractivity contribution in [2.75, 3.05) is 12.4 Å². The highest BCUT2D eigenvalue weighted by Crippen LogP contribution is 2.26. The average molecular weight is 297 g/mol. The van der Waals surface area contributed by atoms with Gasteiger partial charge in [0.1, 0.15) is 0 Å². The molecule has 0 spiro atoms. The lowest BCUT2D eigenvalue weighted by molar-refractivity contribution is 0.0963. The van der Waals surface area contributed by atoms with Gasteiger partial charge in [-0.1, -0.05) is 38.8 Å². The zero-order valence-corrected chi connectivity index (χ0v) is 13.6. The van der Waals surface area contributed by atoms with E-state index in [1.807, 2.05) is 6.07 Å². The number of amides is 1. The zero-order chi connectivity index (χ0) is 15.1. The van der Waals surface area contributed by atoms with Crippen LogP contribution in [0.3, 0.4) is 0 Å². The number of nitrogens with one attached hydrogen (secondary N) is 2. The molecule has 0 aliphatic heterocycles. The van der Waals surface area contributed by atoms with Crippen LogP contribution in [0.4, 0.5) is 5.69 Å². The molecule has 1 aromatic carbocycles. The Bertz CT molecular complexity index is 448. The molecule has 0 aliphatic rings. The summed E-state index contributed by atoms with van der Waals surface area (Å²) in [4.78, 5) is 11.7. The number of hydrogen-bond acceptors (Lipinski definition) is 2. The van der Waals surface area contributed by atoms with Crippen LogP contribution in [0.5, 0.6) is 0 Å². The first kappa shape index (κ1) is 16.8. The minimum absolute atomic E-state index is 0.0975. The van der Waals surface area contributed by atoms with Crippen LogP contribution in [0.1, 0.15) is 50.4 Å². The minimum atomic E-state index is -0.0975. The fourth-order valence-electron chi connectivity index (χ4n) is 2.12. The minimum Gasteiger partial charge on any atom is -0.381 e. The third kappa shape index (κ3) is 4.71. The predicted octanol–water partition coefficient (Wildman–Crippen LogP) is 4.33. The SMILES string of the molecule is CCC(C)CC(CC)Nc1cc(C(=O)NC)ccc1Cl. The number of hydrogen-bond donors (Lipinski definition) is 2. The molecule has 0 aromatic heterocycles. The molecule has 1 rings (SSSR count). The second-order valence-corrected chi connectivity index (χ2v) is 5.68. The Hall–Kier alpha value is -1.22. The molecule has 1 aromatic rings. The van der Waals surface area contributed by atoms with Crippen molar-refractivity contribution in [3.8, 4) is 0 Å². The van der Waals surface area contributed by atoms with Gasteiger partial charge in [-0.25, -0.2) is 0 Å². The lowest BCUT2D eigenvalue weighted by atomic mass is 9.97. The first-order chi connectivity index (χ1) is 9.51. The molecule has 0 fully saturated rings. The molecule has 3 nitrogen and oxygen atoms in total. The quantitative estimate of drug-likeness (QED) is 0.786. The van der Waals surface area contributed by atoms with Crippen molar-refractivity contribution in [1.82, 2.24) is 5.32 Å². The molecule has 4 heteroatoms. The van der Waals surface area contributed by atoms with E-state index in [2.05, 4.69) is 31.4 Å². The van der Waals surface area contributed by atoms with E-state index < -0.39 is 0 Å². The van der Waals surface area contributed by atoms with Crippen molar-refractivity contribution in [3.63, 3.8) is 0 Å². The predicted molar refractivity (Wildman–Crippen MR) is 86.6 cm³/mol. The average Bonchev–Trinajstić information content (AvgIpc) is 2.47. The molecule has 2 N–H and O–H groups in total. The van der Waals surface area contributed by atoms with Gasteiger partial charge in [0.15, 0.2) is 0 Å². The van der Waals surface area contributed by atoms with Gasteiger partial charge in [-0.3, -0.25) is 4.79 Å². The Balaban J connectivity index is 2.86. The van der Waals surface area contributed by atoms with Crippen LogP contribution in [0, 0.1) is 5.92 Å². The highest BCUT2D eigenvalue weighted by Gasteiger charge is 2.13. The molecule has 0 heterocycles. The maximum absolute atomic E-state index is 11.7. The normalized spacial score (nSPS) is 13.7. The van der Waals surface area contributed by atoms with Crippen molar-refractivity contribution >= 4 is 23.2 Å². The lowest BCUT2D eigenvalue weighted by Gasteiger charge is -2.22. The Labute approximate surface area is 127 Å². The third-order valence-corrected chi connectivity index (χ3v) is 4.02. The maximum atomic E-state index is 11.7. The fourth-order valence-corrected chi connectivity index (χ4v) is 2.29. The van der Waals surface area contributed by atoms with E-state index in [4.69, 9.17) is 11.6 Å². The molecule has 20 heavy (non-hydrogen) atoms. The van der Waals surface area contributed by atoms with E-state index in [9.17, 15) is 4.79 Å². The molecular formula is C16H25ClN2O. The van der Waals surface area contributed by atoms with Gasteiger partial charge in [0.25, 0.3) is 5.91 Å². The lowest BCUT2D eigenvalue weighted by Crippen LogP contribution is -2.22. The van der Waals surface area contributed by atoms with E-state index in [1.54, 1.807) is 19.2 Å². The van der Waals surface area contributed by atoms with Crippen LogP contribution in [0.25, 0.3) is 0 Å². The monoisotopic (exact) mass is 296 g/mol. The van der Waals surface area contributed by atoms with E-state index in [1.165, 1.54) is 6.42 Å². The van der Waals surface area contributed by atoms with Crippen LogP contribution >= 0.6 is 11.6 Å². The molecule has 0 radical (unpaired) electrons. The van der Waals surface area contributed by atoms with Gasteiger partial charge in [0.05, 0.1) is 10.7 Å². The topological polar surface area (TPSA) is 41.1 Å². The first-order valence-electron chi connectivity index (χ1n) is 7.29. The highest BCUT2D eigenvalue weighted by atomic mass is 35.5.